The molecule has 0 bridgehead atoms. The number of hydrogen-bond acceptors (Lipinski definition) is 3. The molecule has 1 heterocycles. The molecule has 1 saturated heterocycles. The Labute approximate surface area is 144 Å². The Morgan fingerprint density at radius 2 is 2.04 bits per heavy atom. The van der Waals surface area contributed by atoms with Gasteiger partial charge in [0.2, 0.25) is 0 Å². The molecule has 24 heavy (non-hydrogen) atoms. The number of phenolic OH excluding ortho intramolecular Hbond substituents is 1. The van der Waals surface area contributed by atoms with Gasteiger partial charge in [-0.1, -0.05) is 13.0 Å². The van der Waals surface area contributed by atoms with E-state index in [0.717, 1.165) is 38.7 Å². The fraction of sp³-hybridized carbons (Fsp3) is 0.714. The summed E-state index contributed by atoms with van der Waals surface area (Å²) in [7, 11) is 0. The SMILES string of the molecule is C[C@]12CC[C@@H]3c4ccc(O)cc4CC[C@H]3[C@@H]1CC[C@@]2(O)C[C@H]1CO1. The predicted octanol–water partition coefficient (Wildman–Crippen LogP) is 3.77. The summed E-state index contributed by atoms with van der Waals surface area (Å²) in [6.45, 7) is 3.20. The zero-order chi connectivity index (χ0) is 16.5. The molecule has 1 aromatic rings. The van der Waals surface area contributed by atoms with Crippen LogP contribution in [0.25, 0.3) is 0 Å². The van der Waals surface area contributed by atoms with Crippen LogP contribution in [0.15, 0.2) is 18.2 Å². The molecule has 3 fully saturated rings. The van der Waals surface area contributed by atoms with Crippen LogP contribution in [0, 0.1) is 17.3 Å². The molecular weight excluding hydrogens is 300 g/mol. The summed E-state index contributed by atoms with van der Waals surface area (Å²) >= 11 is 0. The molecule has 0 spiro atoms. The molecule has 4 aliphatic rings. The number of benzene rings is 1. The fourth-order valence-corrected chi connectivity index (χ4v) is 6.58. The van der Waals surface area contributed by atoms with Crippen LogP contribution in [0.4, 0.5) is 0 Å². The molecule has 3 heteroatoms. The van der Waals surface area contributed by atoms with Gasteiger partial charge in [-0.25, -0.2) is 0 Å². The minimum atomic E-state index is -0.529. The van der Waals surface area contributed by atoms with Gasteiger partial charge in [0.05, 0.1) is 18.3 Å². The Morgan fingerprint density at radius 3 is 2.83 bits per heavy atom. The number of aromatic hydroxyl groups is 1. The smallest absolute Gasteiger partial charge is 0.115 e. The van der Waals surface area contributed by atoms with Crippen LogP contribution >= 0.6 is 0 Å². The van der Waals surface area contributed by atoms with Crippen molar-refractivity contribution >= 4 is 0 Å². The van der Waals surface area contributed by atoms with Crippen molar-refractivity contribution in [2.24, 2.45) is 17.3 Å². The zero-order valence-electron chi connectivity index (χ0n) is 14.5. The van der Waals surface area contributed by atoms with E-state index in [-0.39, 0.29) is 5.41 Å². The van der Waals surface area contributed by atoms with E-state index in [2.05, 4.69) is 13.0 Å². The lowest BCUT2D eigenvalue weighted by atomic mass is 9.53. The van der Waals surface area contributed by atoms with Gasteiger partial charge in [-0.15, -0.1) is 0 Å². The normalized spacial score (nSPS) is 46.1. The van der Waals surface area contributed by atoms with Gasteiger partial charge in [-0.05, 0) is 85.0 Å². The number of aryl methyl sites for hydroxylation is 1. The molecule has 2 N–H and O–H groups in total. The van der Waals surface area contributed by atoms with Crippen molar-refractivity contribution in [2.75, 3.05) is 6.61 Å². The quantitative estimate of drug-likeness (QED) is 0.813. The van der Waals surface area contributed by atoms with E-state index in [0.29, 0.717) is 29.6 Å². The molecule has 2 saturated carbocycles. The van der Waals surface area contributed by atoms with Crippen molar-refractivity contribution in [2.45, 2.75) is 69.5 Å². The Hall–Kier alpha value is -1.06. The number of hydrogen-bond donors (Lipinski definition) is 2. The van der Waals surface area contributed by atoms with Crippen LogP contribution in [0.3, 0.4) is 0 Å². The van der Waals surface area contributed by atoms with Crippen molar-refractivity contribution in [3.05, 3.63) is 29.3 Å². The maximum Gasteiger partial charge on any atom is 0.115 e. The fourth-order valence-electron chi connectivity index (χ4n) is 6.58. The lowest BCUT2D eigenvalue weighted by molar-refractivity contribution is -0.110. The molecule has 5 rings (SSSR count). The first-order chi connectivity index (χ1) is 11.5. The summed E-state index contributed by atoms with van der Waals surface area (Å²) in [5.74, 6) is 2.33. The number of ether oxygens (including phenoxy) is 1. The molecule has 130 valence electrons. The lowest BCUT2D eigenvalue weighted by Crippen LogP contribution is -2.51. The summed E-state index contributed by atoms with van der Waals surface area (Å²) in [4.78, 5) is 0. The van der Waals surface area contributed by atoms with Gasteiger partial charge in [0.1, 0.15) is 5.75 Å². The average Bonchev–Trinajstić information content (AvgIpc) is 3.32. The average molecular weight is 328 g/mol. The highest BCUT2D eigenvalue weighted by Gasteiger charge is 2.62. The minimum Gasteiger partial charge on any atom is -0.508 e. The van der Waals surface area contributed by atoms with Gasteiger partial charge in [0.25, 0.3) is 0 Å². The molecule has 0 aromatic heterocycles. The largest absolute Gasteiger partial charge is 0.508 e. The summed E-state index contributed by atoms with van der Waals surface area (Å²) in [6, 6.07) is 5.97. The molecule has 1 aliphatic heterocycles. The molecular formula is C21H28O3. The van der Waals surface area contributed by atoms with E-state index in [4.69, 9.17) is 4.74 Å². The molecule has 0 amide bonds. The van der Waals surface area contributed by atoms with Gasteiger partial charge >= 0.3 is 0 Å². The highest BCUT2D eigenvalue weighted by atomic mass is 16.6. The first-order valence-electron chi connectivity index (χ1n) is 9.66. The molecule has 3 aliphatic carbocycles. The first-order valence-corrected chi connectivity index (χ1v) is 9.66. The third-order valence-electron chi connectivity index (χ3n) is 8.00. The van der Waals surface area contributed by atoms with Gasteiger partial charge in [-0.3, -0.25) is 0 Å². The third-order valence-corrected chi connectivity index (χ3v) is 8.00. The van der Waals surface area contributed by atoms with Crippen molar-refractivity contribution in [3.63, 3.8) is 0 Å². The molecule has 0 radical (unpaired) electrons. The second kappa shape index (κ2) is 4.98. The second-order valence-corrected chi connectivity index (χ2v) is 8.98. The number of rotatable bonds is 2. The van der Waals surface area contributed by atoms with Gasteiger partial charge in [0, 0.05) is 6.42 Å². The van der Waals surface area contributed by atoms with Crippen LogP contribution in [-0.4, -0.2) is 28.5 Å². The Morgan fingerprint density at radius 1 is 1.21 bits per heavy atom. The van der Waals surface area contributed by atoms with E-state index in [1.54, 1.807) is 0 Å². The molecule has 1 aromatic carbocycles. The highest BCUT2D eigenvalue weighted by molar-refractivity contribution is 5.40. The van der Waals surface area contributed by atoms with Crippen LogP contribution < -0.4 is 0 Å². The second-order valence-electron chi connectivity index (χ2n) is 8.98. The first kappa shape index (κ1) is 15.2. The predicted molar refractivity (Wildman–Crippen MR) is 92.0 cm³/mol. The summed E-state index contributed by atoms with van der Waals surface area (Å²) < 4.78 is 5.44. The van der Waals surface area contributed by atoms with E-state index in [1.807, 2.05) is 12.1 Å². The zero-order valence-corrected chi connectivity index (χ0v) is 14.5. The van der Waals surface area contributed by atoms with Gasteiger partial charge < -0.3 is 14.9 Å². The summed E-state index contributed by atoms with van der Waals surface area (Å²) in [5.41, 5.74) is 2.33. The number of phenols is 1. The van der Waals surface area contributed by atoms with E-state index in [1.165, 1.54) is 24.0 Å². The van der Waals surface area contributed by atoms with Crippen molar-refractivity contribution in [1.29, 1.82) is 0 Å². The maximum atomic E-state index is 11.5. The topological polar surface area (TPSA) is 53.0 Å². The van der Waals surface area contributed by atoms with Crippen LogP contribution in [0.5, 0.6) is 5.75 Å². The summed E-state index contributed by atoms with van der Waals surface area (Å²) in [6.07, 6.45) is 7.80. The number of fused-ring (bicyclic) bond motifs is 5. The van der Waals surface area contributed by atoms with Crippen LogP contribution in [-0.2, 0) is 11.2 Å². The number of epoxide rings is 1. The molecule has 0 unspecified atom stereocenters. The van der Waals surface area contributed by atoms with Gasteiger partial charge in [-0.2, -0.15) is 0 Å². The van der Waals surface area contributed by atoms with Gasteiger partial charge in [0.15, 0.2) is 0 Å². The van der Waals surface area contributed by atoms with E-state index >= 15 is 0 Å². The maximum absolute atomic E-state index is 11.5. The monoisotopic (exact) mass is 328 g/mol. The number of aliphatic hydroxyl groups is 1. The van der Waals surface area contributed by atoms with Crippen molar-refractivity contribution in [1.82, 2.24) is 0 Å². The summed E-state index contributed by atoms with van der Waals surface area (Å²) in [5, 5.41) is 21.3. The van der Waals surface area contributed by atoms with Crippen molar-refractivity contribution < 1.29 is 14.9 Å². The van der Waals surface area contributed by atoms with Crippen molar-refractivity contribution in [3.8, 4) is 5.75 Å². The Bertz CT molecular complexity index is 667. The Kier molecular flexibility index (Phi) is 3.16. The van der Waals surface area contributed by atoms with Crippen LogP contribution in [0.1, 0.15) is 62.5 Å². The minimum absolute atomic E-state index is 0.0501. The highest BCUT2D eigenvalue weighted by Crippen LogP contribution is 2.65. The third kappa shape index (κ3) is 2.04. The van der Waals surface area contributed by atoms with Crippen LogP contribution in [0.2, 0.25) is 0 Å². The standard InChI is InChI=1S/C21H28O3/c1-20-8-6-17-16-5-3-14(22)10-13(16)2-4-18(17)19(20)7-9-21(20,23)11-15-12-24-15/h3,5,10,15,17-19,22-23H,2,4,6-9,11-12H2,1H3/t15-,17+,18+,19-,20-,21+/m0/s1. The lowest BCUT2D eigenvalue weighted by Gasteiger charge is -2.53. The van der Waals surface area contributed by atoms with E-state index in [9.17, 15) is 10.2 Å². The van der Waals surface area contributed by atoms with E-state index < -0.39 is 5.60 Å². The molecule has 6 atom stereocenters. The Balaban J connectivity index is 1.47. The molecule has 3 nitrogen and oxygen atoms in total.